The minimum atomic E-state index is 0.541. The summed E-state index contributed by atoms with van der Waals surface area (Å²) in [5, 5.41) is 1.68. The van der Waals surface area contributed by atoms with Gasteiger partial charge in [0.25, 0.3) is 0 Å². The first-order valence-electron chi connectivity index (χ1n) is 5.81. The smallest absolute Gasteiger partial charge is 0.0752 e. The Morgan fingerprint density at radius 2 is 1.53 bits per heavy atom. The Bertz CT molecular complexity index is 632. The summed E-state index contributed by atoms with van der Waals surface area (Å²) in [7, 11) is 0. The molecule has 0 atom stereocenters. The van der Waals surface area contributed by atoms with Crippen molar-refractivity contribution in [1.29, 1.82) is 0 Å². The molecular weight excluding hydrogens is 303 g/mol. The van der Waals surface area contributed by atoms with Gasteiger partial charge in [0.05, 0.1) is 15.7 Å². The molecule has 1 aliphatic heterocycles. The monoisotopic (exact) mass is 312 g/mol. The second kappa shape index (κ2) is 4.78. The minimum Gasteiger partial charge on any atom is -0.399 e. The first-order chi connectivity index (χ1) is 9.04. The van der Waals surface area contributed by atoms with Crippen LogP contribution in [0.3, 0.4) is 0 Å². The van der Waals surface area contributed by atoms with Crippen LogP contribution < -0.4 is 10.6 Å². The van der Waals surface area contributed by atoms with Gasteiger partial charge in [-0.3, -0.25) is 0 Å². The molecule has 1 aliphatic rings. The Labute approximate surface area is 126 Å². The Hall–Kier alpha value is -1.09. The Kier molecular flexibility index (Phi) is 3.25. The summed E-state index contributed by atoms with van der Waals surface area (Å²) in [5.74, 6) is 0. The van der Waals surface area contributed by atoms with E-state index in [0.717, 1.165) is 24.5 Å². The van der Waals surface area contributed by atoms with Gasteiger partial charge in [-0.25, -0.2) is 0 Å². The predicted octanol–water partition coefficient (Wildman–Crippen LogP) is 4.75. The van der Waals surface area contributed by atoms with Crippen molar-refractivity contribution in [3.8, 4) is 0 Å². The fourth-order valence-electron chi connectivity index (χ4n) is 2.41. The van der Waals surface area contributed by atoms with Gasteiger partial charge in [0.2, 0.25) is 0 Å². The number of nitrogen functional groups attached to an aromatic ring is 1. The second-order valence-electron chi connectivity index (χ2n) is 4.60. The molecule has 2 nitrogen and oxygen atoms in total. The Morgan fingerprint density at radius 1 is 0.895 bits per heavy atom. The van der Waals surface area contributed by atoms with Gasteiger partial charge in [-0.15, -0.1) is 0 Å². The quantitative estimate of drug-likeness (QED) is 0.770. The van der Waals surface area contributed by atoms with Crippen LogP contribution in [0, 0.1) is 0 Å². The molecule has 0 amide bonds. The van der Waals surface area contributed by atoms with Gasteiger partial charge in [0.1, 0.15) is 0 Å². The molecule has 0 aromatic heterocycles. The van der Waals surface area contributed by atoms with E-state index >= 15 is 0 Å². The molecular formula is C14H11Cl3N2. The average molecular weight is 314 g/mol. The number of nitrogens with zero attached hydrogens (tertiary/aromatic N) is 1. The van der Waals surface area contributed by atoms with Gasteiger partial charge in [-0.1, -0.05) is 40.9 Å². The summed E-state index contributed by atoms with van der Waals surface area (Å²) in [6, 6.07) is 9.37. The second-order valence-corrected chi connectivity index (χ2v) is 5.85. The first-order valence-corrected chi connectivity index (χ1v) is 6.95. The molecule has 0 radical (unpaired) electrons. The van der Waals surface area contributed by atoms with Crippen LogP contribution in [0.25, 0.3) is 0 Å². The van der Waals surface area contributed by atoms with Gasteiger partial charge < -0.3 is 10.6 Å². The molecule has 0 saturated heterocycles. The normalized spacial score (nSPS) is 13.7. The van der Waals surface area contributed by atoms with Crippen molar-refractivity contribution in [3.05, 3.63) is 56.5 Å². The van der Waals surface area contributed by atoms with E-state index in [2.05, 4.69) is 4.90 Å². The van der Waals surface area contributed by atoms with Crippen molar-refractivity contribution in [2.45, 2.75) is 13.1 Å². The molecule has 0 bridgehead atoms. The minimum absolute atomic E-state index is 0.541. The SMILES string of the molecule is Nc1ccc2c(c1)CN(c1c(Cl)cc(Cl)cc1Cl)C2. The topological polar surface area (TPSA) is 29.3 Å². The highest BCUT2D eigenvalue weighted by molar-refractivity contribution is 6.41. The van der Waals surface area contributed by atoms with E-state index < -0.39 is 0 Å². The van der Waals surface area contributed by atoms with Crippen LogP contribution in [-0.2, 0) is 13.1 Å². The van der Waals surface area contributed by atoms with Crippen LogP contribution in [0.2, 0.25) is 15.1 Å². The lowest BCUT2D eigenvalue weighted by atomic mass is 10.1. The van der Waals surface area contributed by atoms with Crippen molar-refractivity contribution in [1.82, 2.24) is 0 Å². The summed E-state index contributed by atoms with van der Waals surface area (Å²) in [6.45, 7) is 1.53. The average Bonchev–Trinajstić information content (AvgIpc) is 2.69. The summed E-state index contributed by atoms with van der Waals surface area (Å²) in [6.07, 6.45) is 0. The van der Waals surface area contributed by atoms with Gasteiger partial charge in [-0.05, 0) is 35.4 Å². The van der Waals surface area contributed by atoms with Gasteiger partial charge >= 0.3 is 0 Å². The van der Waals surface area contributed by atoms with E-state index in [4.69, 9.17) is 40.5 Å². The summed E-state index contributed by atoms with van der Waals surface area (Å²) in [5.41, 5.74) is 9.86. The zero-order valence-corrected chi connectivity index (χ0v) is 12.2. The maximum absolute atomic E-state index is 6.25. The summed E-state index contributed by atoms with van der Waals surface area (Å²) in [4.78, 5) is 2.13. The van der Waals surface area contributed by atoms with E-state index in [0.29, 0.717) is 15.1 Å². The highest BCUT2D eigenvalue weighted by Crippen LogP contribution is 2.40. The van der Waals surface area contributed by atoms with Gasteiger partial charge in [0, 0.05) is 23.8 Å². The zero-order valence-electron chi connectivity index (χ0n) is 9.96. The third kappa shape index (κ3) is 2.36. The molecule has 0 aliphatic carbocycles. The molecule has 0 fully saturated rings. The predicted molar refractivity (Wildman–Crippen MR) is 82.2 cm³/mol. The number of hydrogen-bond acceptors (Lipinski definition) is 2. The van der Waals surface area contributed by atoms with Crippen LogP contribution in [0.15, 0.2) is 30.3 Å². The third-order valence-electron chi connectivity index (χ3n) is 3.25. The lowest BCUT2D eigenvalue weighted by Crippen LogP contribution is -2.15. The number of nitrogens with two attached hydrogens (primary N) is 1. The summed E-state index contributed by atoms with van der Waals surface area (Å²) < 4.78 is 0. The fourth-order valence-corrected chi connectivity index (χ4v) is 3.47. The van der Waals surface area contributed by atoms with Gasteiger partial charge in [-0.2, -0.15) is 0 Å². The van der Waals surface area contributed by atoms with E-state index in [1.54, 1.807) is 12.1 Å². The van der Waals surface area contributed by atoms with Crippen LogP contribution in [-0.4, -0.2) is 0 Å². The summed E-state index contributed by atoms with van der Waals surface area (Å²) >= 11 is 18.4. The van der Waals surface area contributed by atoms with Crippen LogP contribution in [0.4, 0.5) is 11.4 Å². The number of halogens is 3. The van der Waals surface area contributed by atoms with Crippen molar-refractivity contribution >= 4 is 46.2 Å². The standard InChI is InChI=1S/C14H11Cl3N2/c15-10-4-12(16)14(13(17)5-10)19-6-8-1-2-11(18)3-9(8)7-19/h1-5H,6-7,18H2. The van der Waals surface area contributed by atoms with E-state index in [1.807, 2.05) is 18.2 Å². The highest BCUT2D eigenvalue weighted by Gasteiger charge is 2.23. The van der Waals surface area contributed by atoms with E-state index in [-0.39, 0.29) is 0 Å². The Morgan fingerprint density at radius 3 is 2.21 bits per heavy atom. The molecule has 98 valence electrons. The van der Waals surface area contributed by atoms with Crippen molar-refractivity contribution in [2.75, 3.05) is 10.6 Å². The van der Waals surface area contributed by atoms with Crippen LogP contribution in [0.5, 0.6) is 0 Å². The lowest BCUT2D eigenvalue weighted by Gasteiger charge is -2.21. The number of benzene rings is 2. The molecule has 0 saturated carbocycles. The highest BCUT2D eigenvalue weighted by atomic mass is 35.5. The lowest BCUT2D eigenvalue weighted by molar-refractivity contribution is 0.881. The molecule has 5 heteroatoms. The largest absolute Gasteiger partial charge is 0.399 e. The molecule has 19 heavy (non-hydrogen) atoms. The molecule has 2 aromatic carbocycles. The van der Waals surface area contributed by atoms with Crippen LogP contribution in [0.1, 0.15) is 11.1 Å². The third-order valence-corrected chi connectivity index (χ3v) is 4.05. The maximum Gasteiger partial charge on any atom is 0.0752 e. The van der Waals surface area contributed by atoms with E-state index in [1.165, 1.54) is 11.1 Å². The first kappa shape index (κ1) is 12.9. The van der Waals surface area contributed by atoms with Gasteiger partial charge in [0.15, 0.2) is 0 Å². The maximum atomic E-state index is 6.25. The molecule has 2 N–H and O–H groups in total. The van der Waals surface area contributed by atoms with Crippen molar-refractivity contribution in [3.63, 3.8) is 0 Å². The Balaban J connectivity index is 1.99. The number of hydrogen-bond donors (Lipinski definition) is 1. The zero-order chi connectivity index (χ0) is 13.6. The van der Waals surface area contributed by atoms with Crippen molar-refractivity contribution < 1.29 is 0 Å². The fraction of sp³-hybridized carbons (Fsp3) is 0.143. The number of anilines is 2. The van der Waals surface area contributed by atoms with Crippen LogP contribution >= 0.6 is 34.8 Å². The molecule has 0 spiro atoms. The van der Waals surface area contributed by atoms with E-state index in [9.17, 15) is 0 Å². The molecule has 2 aromatic rings. The molecule has 1 heterocycles. The molecule has 0 unspecified atom stereocenters. The number of fused-ring (bicyclic) bond motifs is 1. The number of rotatable bonds is 1. The molecule has 3 rings (SSSR count). The van der Waals surface area contributed by atoms with Crippen molar-refractivity contribution in [2.24, 2.45) is 0 Å².